The molecule has 20 heavy (non-hydrogen) atoms. The SMILES string of the molecule is CCCNCc1cc(CN(C)C(C)C(C)(C)C)c(C)s1. The first-order valence-corrected chi connectivity index (χ1v) is 8.56. The van der Waals surface area contributed by atoms with Crippen LogP contribution in [0.5, 0.6) is 0 Å². The van der Waals surface area contributed by atoms with Crippen molar-refractivity contribution in [1.82, 2.24) is 10.2 Å². The Bertz CT molecular complexity index is 404. The van der Waals surface area contributed by atoms with E-state index in [1.54, 1.807) is 0 Å². The van der Waals surface area contributed by atoms with Gasteiger partial charge >= 0.3 is 0 Å². The highest BCUT2D eigenvalue weighted by Gasteiger charge is 2.24. The molecule has 0 aliphatic heterocycles. The van der Waals surface area contributed by atoms with Crippen LogP contribution in [0.25, 0.3) is 0 Å². The van der Waals surface area contributed by atoms with E-state index in [0.29, 0.717) is 11.5 Å². The van der Waals surface area contributed by atoms with E-state index in [1.165, 1.54) is 21.7 Å². The smallest absolute Gasteiger partial charge is 0.0299 e. The van der Waals surface area contributed by atoms with Crippen molar-refractivity contribution < 1.29 is 0 Å². The molecule has 1 N–H and O–H groups in total. The minimum Gasteiger partial charge on any atom is -0.312 e. The summed E-state index contributed by atoms with van der Waals surface area (Å²) in [5.41, 5.74) is 1.81. The van der Waals surface area contributed by atoms with Gasteiger partial charge < -0.3 is 5.32 Å². The van der Waals surface area contributed by atoms with Gasteiger partial charge in [0.05, 0.1) is 0 Å². The molecule has 1 atom stereocenters. The molecular formula is C17H32N2S. The molecule has 0 amide bonds. The average Bonchev–Trinajstić information content (AvgIpc) is 2.68. The van der Waals surface area contributed by atoms with Crippen LogP contribution in [-0.4, -0.2) is 24.5 Å². The standard InChI is InChI=1S/C17H32N2S/c1-8-9-18-11-16-10-15(13(2)20-16)12-19(7)14(3)17(4,5)6/h10,14,18H,8-9,11-12H2,1-7H3. The van der Waals surface area contributed by atoms with E-state index < -0.39 is 0 Å². The minimum absolute atomic E-state index is 0.324. The molecule has 1 aromatic heterocycles. The van der Waals surface area contributed by atoms with Gasteiger partial charge in [-0.1, -0.05) is 27.7 Å². The van der Waals surface area contributed by atoms with Gasteiger partial charge in [0.2, 0.25) is 0 Å². The molecule has 1 aromatic rings. The molecule has 116 valence electrons. The molecule has 0 aromatic carbocycles. The van der Waals surface area contributed by atoms with E-state index in [9.17, 15) is 0 Å². The molecule has 0 fully saturated rings. The van der Waals surface area contributed by atoms with Crippen LogP contribution in [0.4, 0.5) is 0 Å². The van der Waals surface area contributed by atoms with Crippen LogP contribution >= 0.6 is 11.3 Å². The summed E-state index contributed by atoms with van der Waals surface area (Å²) >= 11 is 1.94. The van der Waals surface area contributed by atoms with Gasteiger partial charge in [-0.05, 0) is 50.9 Å². The van der Waals surface area contributed by atoms with Gasteiger partial charge in [-0.2, -0.15) is 0 Å². The van der Waals surface area contributed by atoms with E-state index in [-0.39, 0.29) is 0 Å². The second kappa shape index (κ2) is 7.58. The van der Waals surface area contributed by atoms with Gasteiger partial charge in [-0.25, -0.2) is 0 Å². The lowest BCUT2D eigenvalue weighted by molar-refractivity contribution is 0.134. The maximum absolute atomic E-state index is 3.49. The third-order valence-electron chi connectivity index (χ3n) is 4.13. The lowest BCUT2D eigenvalue weighted by Gasteiger charge is -2.35. The van der Waals surface area contributed by atoms with Gasteiger partial charge in [-0.3, -0.25) is 4.90 Å². The summed E-state index contributed by atoms with van der Waals surface area (Å²) in [6, 6.07) is 2.96. The van der Waals surface area contributed by atoms with E-state index in [2.05, 4.69) is 64.9 Å². The highest BCUT2D eigenvalue weighted by Crippen LogP contribution is 2.27. The summed E-state index contributed by atoms with van der Waals surface area (Å²) in [6.45, 7) is 16.9. The summed E-state index contributed by atoms with van der Waals surface area (Å²) in [5.74, 6) is 0. The molecule has 1 unspecified atom stereocenters. The number of nitrogens with one attached hydrogen (secondary N) is 1. The van der Waals surface area contributed by atoms with Crippen LogP contribution in [0.15, 0.2) is 6.07 Å². The first-order chi connectivity index (χ1) is 9.25. The van der Waals surface area contributed by atoms with Crippen molar-refractivity contribution in [3.63, 3.8) is 0 Å². The summed E-state index contributed by atoms with van der Waals surface area (Å²) in [5, 5.41) is 3.49. The van der Waals surface area contributed by atoms with Crippen LogP contribution < -0.4 is 5.32 Å². The van der Waals surface area contributed by atoms with E-state index in [0.717, 1.165) is 19.6 Å². The monoisotopic (exact) mass is 296 g/mol. The Labute approximate surface area is 129 Å². The van der Waals surface area contributed by atoms with E-state index >= 15 is 0 Å². The zero-order chi connectivity index (χ0) is 15.3. The Morgan fingerprint density at radius 3 is 2.55 bits per heavy atom. The molecule has 3 heteroatoms. The average molecular weight is 297 g/mol. The predicted octanol–water partition coefficient (Wildman–Crippen LogP) is 4.42. The maximum Gasteiger partial charge on any atom is 0.0299 e. The Morgan fingerprint density at radius 1 is 1.35 bits per heavy atom. The second-order valence-electron chi connectivity index (χ2n) is 6.93. The molecule has 2 nitrogen and oxygen atoms in total. The molecule has 1 heterocycles. The van der Waals surface area contributed by atoms with E-state index in [1.807, 2.05) is 11.3 Å². The van der Waals surface area contributed by atoms with E-state index in [4.69, 9.17) is 0 Å². The van der Waals surface area contributed by atoms with Gasteiger partial charge in [0.25, 0.3) is 0 Å². The molecular weight excluding hydrogens is 264 g/mol. The fourth-order valence-corrected chi connectivity index (χ4v) is 3.31. The van der Waals surface area contributed by atoms with Crippen molar-refractivity contribution in [2.24, 2.45) is 5.41 Å². The number of thiophene rings is 1. The van der Waals surface area contributed by atoms with Gasteiger partial charge in [0.1, 0.15) is 0 Å². The van der Waals surface area contributed by atoms with Crippen molar-refractivity contribution in [3.05, 3.63) is 21.4 Å². The normalized spacial score (nSPS) is 14.0. The molecule has 1 rings (SSSR count). The van der Waals surface area contributed by atoms with Gasteiger partial charge in [0.15, 0.2) is 0 Å². The Kier molecular flexibility index (Phi) is 6.70. The van der Waals surface area contributed by atoms with Crippen molar-refractivity contribution in [1.29, 1.82) is 0 Å². The number of aryl methyl sites for hydroxylation is 1. The maximum atomic E-state index is 3.49. The summed E-state index contributed by atoms with van der Waals surface area (Å²) in [4.78, 5) is 5.40. The predicted molar refractivity (Wildman–Crippen MR) is 91.4 cm³/mol. The molecule has 0 aliphatic rings. The molecule has 0 saturated heterocycles. The van der Waals surface area contributed by atoms with Crippen LogP contribution in [0.1, 0.15) is 56.4 Å². The second-order valence-corrected chi connectivity index (χ2v) is 8.27. The van der Waals surface area contributed by atoms with Crippen molar-refractivity contribution in [3.8, 4) is 0 Å². The van der Waals surface area contributed by atoms with Crippen molar-refractivity contribution in [2.45, 2.75) is 67.1 Å². The highest BCUT2D eigenvalue weighted by molar-refractivity contribution is 7.12. The van der Waals surface area contributed by atoms with Gasteiger partial charge in [-0.15, -0.1) is 11.3 Å². The van der Waals surface area contributed by atoms with Crippen LogP contribution in [0.3, 0.4) is 0 Å². The number of nitrogens with zero attached hydrogens (tertiary/aromatic N) is 1. The zero-order valence-corrected chi connectivity index (χ0v) is 15.2. The lowest BCUT2D eigenvalue weighted by atomic mass is 9.87. The van der Waals surface area contributed by atoms with Crippen LogP contribution in [-0.2, 0) is 13.1 Å². The molecule has 0 saturated carbocycles. The molecule has 0 aliphatic carbocycles. The van der Waals surface area contributed by atoms with Crippen LogP contribution in [0, 0.1) is 12.3 Å². The third kappa shape index (κ3) is 5.19. The number of hydrogen-bond acceptors (Lipinski definition) is 3. The Morgan fingerprint density at radius 2 is 2.00 bits per heavy atom. The summed E-state index contributed by atoms with van der Waals surface area (Å²) < 4.78 is 0. The molecule has 0 radical (unpaired) electrons. The molecule has 0 spiro atoms. The molecule has 0 bridgehead atoms. The third-order valence-corrected chi connectivity index (χ3v) is 5.22. The summed E-state index contributed by atoms with van der Waals surface area (Å²) in [7, 11) is 2.24. The number of hydrogen-bond donors (Lipinski definition) is 1. The lowest BCUT2D eigenvalue weighted by Crippen LogP contribution is -2.38. The minimum atomic E-state index is 0.324. The van der Waals surface area contributed by atoms with Crippen molar-refractivity contribution in [2.75, 3.05) is 13.6 Å². The Balaban J connectivity index is 2.63. The summed E-state index contributed by atoms with van der Waals surface area (Å²) in [6.07, 6.45) is 1.20. The topological polar surface area (TPSA) is 15.3 Å². The fourth-order valence-electron chi connectivity index (χ4n) is 2.29. The largest absolute Gasteiger partial charge is 0.312 e. The zero-order valence-electron chi connectivity index (χ0n) is 14.3. The van der Waals surface area contributed by atoms with Crippen molar-refractivity contribution >= 4 is 11.3 Å². The van der Waals surface area contributed by atoms with Crippen LogP contribution in [0.2, 0.25) is 0 Å². The van der Waals surface area contributed by atoms with Gasteiger partial charge in [0, 0.05) is 28.9 Å². The quantitative estimate of drug-likeness (QED) is 0.749. The fraction of sp³-hybridized carbons (Fsp3) is 0.765. The first-order valence-electron chi connectivity index (χ1n) is 7.74. The highest BCUT2D eigenvalue weighted by atomic mass is 32.1. The Hall–Kier alpha value is -0.380. The first kappa shape index (κ1) is 17.7. The number of rotatable bonds is 7.